The molecule has 1 aromatic carbocycles. The van der Waals surface area contributed by atoms with Gasteiger partial charge < -0.3 is 16.0 Å². The average Bonchev–Trinajstić information content (AvgIpc) is 2.72. The second kappa shape index (κ2) is 4.37. The number of para-hydroxylation sites is 1. The molecule has 1 unspecified atom stereocenters. The zero-order valence-corrected chi connectivity index (χ0v) is 9.16. The van der Waals surface area contributed by atoms with Gasteiger partial charge in [-0.05, 0) is 11.6 Å². The minimum atomic E-state index is -0.268. The SMILES string of the molecule is CNC(=O)CC(N)c1c[nH]c2ccccc12. The van der Waals surface area contributed by atoms with Crippen LogP contribution in [0.5, 0.6) is 0 Å². The summed E-state index contributed by atoms with van der Waals surface area (Å²) in [5.74, 6) is -0.0437. The minimum Gasteiger partial charge on any atom is -0.361 e. The van der Waals surface area contributed by atoms with Gasteiger partial charge in [-0.25, -0.2) is 0 Å². The number of nitrogens with two attached hydrogens (primary N) is 1. The number of rotatable bonds is 3. The van der Waals surface area contributed by atoms with E-state index in [9.17, 15) is 4.79 Å². The Labute approximate surface area is 93.8 Å². The summed E-state index contributed by atoms with van der Waals surface area (Å²) in [5, 5.41) is 3.66. The number of amides is 1. The van der Waals surface area contributed by atoms with Crippen molar-refractivity contribution in [1.29, 1.82) is 0 Å². The molecule has 0 spiro atoms. The Morgan fingerprint density at radius 2 is 2.25 bits per heavy atom. The predicted molar refractivity (Wildman–Crippen MR) is 63.9 cm³/mol. The number of nitrogens with one attached hydrogen (secondary N) is 2. The van der Waals surface area contributed by atoms with Gasteiger partial charge in [0, 0.05) is 36.6 Å². The number of fused-ring (bicyclic) bond motifs is 1. The van der Waals surface area contributed by atoms with Crippen molar-refractivity contribution >= 4 is 16.8 Å². The summed E-state index contributed by atoms with van der Waals surface area (Å²) in [5.41, 5.74) is 8.03. The molecule has 0 aliphatic rings. The molecular formula is C12H15N3O. The number of carbonyl (C=O) groups excluding carboxylic acids is 1. The van der Waals surface area contributed by atoms with E-state index in [4.69, 9.17) is 5.73 Å². The van der Waals surface area contributed by atoms with Crippen molar-refractivity contribution in [2.45, 2.75) is 12.5 Å². The molecule has 0 bridgehead atoms. The Balaban J connectivity index is 2.29. The molecule has 4 heteroatoms. The maximum Gasteiger partial charge on any atom is 0.221 e. The second-order valence-electron chi connectivity index (χ2n) is 3.77. The molecule has 1 heterocycles. The highest BCUT2D eigenvalue weighted by molar-refractivity contribution is 5.84. The van der Waals surface area contributed by atoms with Crippen molar-refractivity contribution in [1.82, 2.24) is 10.3 Å². The van der Waals surface area contributed by atoms with E-state index in [1.807, 2.05) is 30.5 Å². The first-order valence-corrected chi connectivity index (χ1v) is 5.24. The monoisotopic (exact) mass is 217 g/mol. The highest BCUT2D eigenvalue weighted by atomic mass is 16.1. The van der Waals surface area contributed by atoms with Crippen molar-refractivity contribution in [2.24, 2.45) is 5.73 Å². The molecule has 0 aliphatic carbocycles. The van der Waals surface area contributed by atoms with E-state index in [1.54, 1.807) is 7.05 Å². The predicted octanol–water partition coefficient (Wildman–Crippen LogP) is 1.30. The first-order chi connectivity index (χ1) is 7.72. The quantitative estimate of drug-likeness (QED) is 0.725. The van der Waals surface area contributed by atoms with Crippen LogP contribution < -0.4 is 11.1 Å². The van der Waals surface area contributed by atoms with E-state index in [-0.39, 0.29) is 11.9 Å². The Hall–Kier alpha value is -1.81. The van der Waals surface area contributed by atoms with Gasteiger partial charge in [-0.1, -0.05) is 18.2 Å². The molecule has 4 nitrogen and oxygen atoms in total. The summed E-state index contributed by atoms with van der Waals surface area (Å²) in [7, 11) is 1.62. The first-order valence-electron chi connectivity index (χ1n) is 5.24. The fraction of sp³-hybridized carbons (Fsp3) is 0.250. The Morgan fingerprint density at radius 3 is 3.00 bits per heavy atom. The zero-order valence-electron chi connectivity index (χ0n) is 9.16. The van der Waals surface area contributed by atoms with Crippen LogP contribution in [0.4, 0.5) is 0 Å². The number of benzene rings is 1. The van der Waals surface area contributed by atoms with Gasteiger partial charge in [0.2, 0.25) is 5.91 Å². The molecule has 84 valence electrons. The van der Waals surface area contributed by atoms with Crippen molar-refractivity contribution in [2.75, 3.05) is 7.05 Å². The lowest BCUT2D eigenvalue weighted by atomic mass is 10.0. The minimum absolute atomic E-state index is 0.0437. The molecule has 0 saturated carbocycles. The fourth-order valence-electron chi connectivity index (χ4n) is 1.81. The van der Waals surface area contributed by atoms with Crippen LogP contribution >= 0.6 is 0 Å². The molecular weight excluding hydrogens is 202 g/mol. The van der Waals surface area contributed by atoms with Gasteiger partial charge >= 0.3 is 0 Å². The highest BCUT2D eigenvalue weighted by Gasteiger charge is 2.14. The van der Waals surface area contributed by atoms with Crippen LogP contribution in [0.15, 0.2) is 30.5 Å². The summed E-state index contributed by atoms with van der Waals surface area (Å²) in [6.45, 7) is 0. The number of aromatic nitrogens is 1. The zero-order chi connectivity index (χ0) is 11.5. The maximum atomic E-state index is 11.3. The maximum absolute atomic E-state index is 11.3. The third kappa shape index (κ3) is 1.92. The van der Waals surface area contributed by atoms with Gasteiger partial charge in [0.25, 0.3) is 0 Å². The van der Waals surface area contributed by atoms with Crippen LogP contribution in [0.2, 0.25) is 0 Å². The number of aromatic amines is 1. The molecule has 0 aliphatic heterocycles. The number of carbonyl (C=O) groups is 1. The molecule has 1 atom stereocenters. The third-order valence-corrected chi connectivity index (χ3v) is 2.70. The van der Waals surface area contributed by atoms with Gasteiger partial charge in [0.05, 0.1) is 0 Å². The Morgan fingerprint density at radius 1 is 1.50 bits per heavy atom. The van der Waals surface area contributed by atoms with Crippen LogP contribution in [0, 0.1) is 0 Å². The molecule has 0 fully saturated rings. The van der Waals surface area contributed by atoms with Crippen LogP contribution in [0.25, 0.3) is 10.9 Å². The molecule has 0 saturated heterocycles. The molecule has 1 aromatic heterocycles. The van der Waals surface area contributed by atoms with Crippen molar-refractivity contribution in [3.05, 3.63) is 36.0 Å². The lowest BCUT2D eigenvalue weighted by Crippen LogP contribution is -2.23. The Kier molecular flexibility index (Phi) is 2.92. The highest BCUT2D eigenvalue weighted by Crippen LogP contribution is 2.24. The Bertz CT molecular complexity index is 504. The van der Waals surface area contributed by atoms with Gasteiger partial charge in [-0.2, -0.15) is 0 Å². The largest absolute Gasteiger partial charge is 0.361 e. The molecule has 2 aromatic rings. The summed E-state index contributed by atoms with van der Waals surface area (Å²) < 4.78 is 0. The van der Waals surface area contributed by atoms with E-state index in [1.165, 1.54) is 0 Å². The van der Waals surface area contributed by atoms with E-state index >= 15 is 0 Å². The van der Waals surface area contributed by atoms with Crippen LogP contribution in [-0.4, -0.2) is 17.9 Å². The average molecular weight is 217 g/mol. The lowest BCUT2D eigenvalue weighted by molar-refractivity contribution is -0.120. The van der Waals surface area contributed by atoms with Crippen LogP contribution in [0.1, 0.15) is 18.0 Å². The number of hydrogen-bond donors (Lipinski definition) is 3. The van der Waals surface area contributed by atoms with Gasteiger partial charge in [0.15, 0.2) is 0 Å². The first kappa shape index (κ1) is 10.7. The molecule has 0 radical (unpaired) electrons. The summed E-state index contributed by atoms with van der Waals surface area (Å²) in [4.78, 5) is 14.4. The summed E-state index contributed by atoms with van der Waals surface area (Å²) in [6, 6.07) is 7.66. The smallest absolute Gasteiger partial charge is 0.221 e. The van der Waals surface area contributed by atoms with Gasteiger partial charge in [-0.3, -0.25) is 4.79 Å². The molecule has 2 rings (SSSR count). The van der Waals surface area contributed by atoms with Crippen LogP contribution in [-0.2, 0) is 4.79 Å². The van der Waals surface area contributed by atoms with Crippen LogP contribution in [0.3, 0.4) is 0 Å². The van der Waals surface area contributed by atoms with Crippen molar-refractivity contribution < 1.29 is 4.79 Å². The fourth-order valence-corrected chi connectivity index (χ4v) is 1.81. The topological polar surface area (TPSA) is 70.9 Å². The van der Waals surface area contributed by atoms with E-state index in [0.717, 1.165) is 16.5 Å². The second-order valence-corrected chi connectivity index (χ2v) is 3.77. The summed E-state index contributed by atoms with van der Waals surface area (Å²) in [6.07, 6.45) is 2.18. The lowest BCUT2D eigenvalue weighted by Gasteiger charge is -2.09. The number of hydrogen-bond acceptors (Lipinski definition) is 2. The normalized spacial score (nSPS) is 12.6. The van der Waals surface area contributed by atoms with Gasteiger partial charge in [-0.15, -0.1) is 0 Å². The number of H-pyrrole nitrogens is 1. The summed E-state index contributed by atoms with van der Waals surface area (Å²) >= 11 is 0. The molecule has 4 N–H and O–H groups in total. The standard InChI is InChI=1S/C12H15N3O/c1-14-12(16)6-10(13)9-7-15-11-5-3-2-4-8(9)11/h2-5,7,10,15H,6,13H2,1H3,(H,14,16). The van der Waals surface area contributed by atoms with E-state index in [2.05, 4.69) is 10.3 Å². The third-order valence-electron chi connectivity index (χ3n) is 2.70. The van der Waals surface area contributed by atoms with E-state index in [0.29, 0.717) is 6.42 Å². The molecule has 1 amide bonds. The van der Waals surface area contributed by atoms with E-state index < -0.39 is 0 Å². The van der Waals surface area contributed by atoms with Crippen molar-refractivity contribution in [3.8, 4) is 0 Å². The van der Waals surface area contributed by atoms with Crippen molar-refractivity contribution in [3.63, 3.8) is 0 Å². The van der Waals surface area contributed by atoms with Gasteiger partial charge in [0.1, 0.15) is 0 Å². The molecule has 16 heavy (non-hydrogen) atoms.